The summed E-state index contributed by atoms with van der Waals surface area (Å²) in [5.41, 5.74) is 4.87. The van der Waals surface area contributed by atoms with E-state index in [4.69, 9.17) is 26.0 Å². The van der Waals surface area contributed by atoms with Crippen LogP contribution < -0.4 is 14.8 Å². The smallest absolute Gasteiger partial charge is 0.226 e. The van der Waals surface area contributed by atoms with Gasteiger partial charge in [-0.05, 0) is 56.2 Å². The molecule has 0 bridgehead atoms. The molecule has 8 heteroatoms. The van der Waals surface area contributed by atoms with Crippen LogP contribution in [-0.4, -0.2) is 33.9 Å². The van der Waals surface area contributed by atoms with E-state index in [0.29, 0.717) is 30.3 Å². The topological polar surface area (TPSA) is 78.3 Å². The maximum absolute atomic E-state index is 12.8. The van der Waals surface area contributed by atoms with Crippen LogP contribution in [0.1, 0.15) is 41.6 Å². The van der Waals surface area contributed by atoms with Crippen molar-refractivity contribution in [2.75, 3.05) is 18.5 Å². The molecule has 5 rings (SSSR count). The third-order valence-corrected chi connectivity index (χ3v) is 6.79. The van der Waals surface area contributed by atoms with E-state index in [1.165, 1.54) is 5.56 Å². The quantitative estimate of drug-likeness (QED) is 0.400. The minimum absolute atomic E-state index is 0.0683. The average Bonchev–Trinajstić information content (AvgIpc) is 3.38. The number of ether oxygens (including phenoxy) is 2. The number of thiazole rings is 1. The van der Waals surface area contributed by atoms with Crippen LogP contribution in [-0.2, 0) is 4.79 Å². The Balaban J connectivity index is 1.59. The summed E-state index contributed by atoms with van der Waals surface area (Å²) >= 11 is 1.55. The Hall–Kier alpha value is -3.83. The average molecular weight is 473 g/mol. The summed E-state index contributed by atoms with van der Waals surface area (Å²) < 4.78 is 14.3. The number of fused-ring (bicyclic) bond motifs is 2. The highest BCUT2D eigenvalue weighted by atomic mass is 32.1. The van der Waals surface area contributed by atoms with Gasteiger partial charge in [0.25, 0.3) is 0 Å². The van der Waals surface area contributed by atoms with Gasteiger partial charge in [0.15, 0.2) is 11.5 Å². The predicted octanol–water partition coefficient (Wildman–Crippen LogP) is 4.98. The number of aryl methyl sites for hydroxylation is 2. The molecular formula is C26H24N4O3S. The Morgan fingerprint density at radius 1 is 1.21 bits per heavy atom. The van der Waals surface area contributed by atoms with Crippen LogP contribution in [0.25, 0.3) is 15.3 Å². The number of benzene rings is 2. The number of aromatic nitrogens is 3. The van der Waals surface area contributed by atoms with E-state index < -0.39 is 0 Å². The van der Waals surface area contributed by atoms with Crippen molar-refractivity contribution in [1.29, 1.82) is 0 Å². The van der Waals surface area contributed by atoms with Crippen LogP contribution in [0.15, 0.2) is 36.4 Å². The van der Waals surface area contributed by atoms with E-state index in [0.717, 1.165) is 32.2 Å². The van der Waals surface area contributed by atoms with Crippen molar-refractivity contribution in [2.24, 2.45) is 0 Å². The fourth-order valence-corrected chi connectivity index (χ4v) is 5.35. The van der Waals surface area contributed by atoms with Crippen molar-refractivity contribution in [2.45, 2.75) is 33.1 Å². The fourth-order valence-electron chi connectivity index (χ4n) is 4.33. The Morgan fingerprint density at radius 2 is 2.06 bits per heavy atom. The molecule has 4 aromatic rings. The van der Waals surface area contributed by atoms with Gasteiger partial charge in [-0.2, -0.15) is 9.78 Å². The molecule has 1 atom stereocenters. The van der Waals surface area contributed by atoms with Gasteiger partial charge in [0.05, 0.1) is 22.5 Å². The normalized spacial score (nSPS) is 15.0. The van der Waals surface area contributed by atoms with Crippen molar-refractivity contribution in [3.63, 3.8) is 0 Å². The van der Waals surface area contributed by atoms with Crippen LogP contribution in [0.2, 0.25) is 0 Å². The third-order valence-electron chi connectivity index (χ3n) is 5.80. The van der Waals surface area contributed by atoms with Gasteiger partial charge >= 0.3 is 0 Å². The third kappa shape index (κ3) is 3.88. The first-order valence-electron chi connectivity index (χ1n) is 11.1. The highest BCUT2D eigenvalue weighted by molar-refractivity contribution is 7.20. The Kier molecular flexibility index (Phi) is 5.72. The highest BCUT2D eigenvalue weighted by Gasteiger charge is 2.33. The summed E-state index contributed by atoms with van der Waals surface area (Å²) in [4.78, 5) is 17.6. The molecule has 0 radical (unpaired) electrons. The molecule has 172 valence electrons. The first-order valence-corrected chi connectivity index (χ1v) is 11.9. The lowest BCUT2D eigenvalue weighted by Gasteiger charge is -2.25. The number of anilines is 1. The van der Waals surface area contributed by atoms with Crippen LogP contribution in [0.4, 0.5) is 5.82 Å². The zero-order chi connectivity index (χ0) is 23.8. The Bertz CT molecular complexity index is 1450. The minimum atomic E-state index is -0.171. The molecule has 0 aliphatic carbocycles. The summed E-state index contributed by atoms with van der Waals surface area (Å²) in [7, 11) is 0. The summed E-state index contributed by atoms with van der Waals surface area (Å²) in [5, 5.41) is 8.53. The summed E-state index contributed by atoms with van der Waals surface area (Å²) in [6.07, 6.45) is 5.65. The number of hydrogen-bond acceptors (Lipinski definition) is 6. The minimum Gasteiger partial charge on any atom is -0.490 e. The number of hydrogen-bond donors (Lipinski definition) is 1. The van der Waals surface area contributed by atoms with Crippen LogP contribution in [0, 0.1) is 26.2 Å². The zero-order valence-electron chi connectivity index (χ0n) is 19.2. The second kappa shape index (κ2) is 8.84. The van der Waals surface area contributed by atoms with Gasteiger partial charge in [0.2, 0.25) is 11.0 Å². The lowest BCUT2D eigenvalue weighted by atomic mass is 9.85. The molecular weight excluding hydrogens is 448 g/mol. The Labute approximate surface area is 201 Å². The van der Waals surface area contributed by atoms with E-state index in [1.807, 2.05) is 44.2 Å². The Morgan fingerprint density at radius 3 is 2.85 bits per heavy atom. The number of carbonyl (C=O) groups excluding carboxylic acids is 1. The monoisotopic (exact) mass is 472 g/mol. The van der Waals surface area contributed by atoms with Crippen LogP contribution in [0.3, 0.4) is 0 Å². The largest absolute Gasteiger partial charge is 0.490 e. The molecule has 0 fully saturated rings. The van der Waals surface area contributed by atoms with E-state index >= 15 is 0 Å². The lowest BCUT2D eigenvalue weighted by Crippen LogP contribution is -2.25. The molecule has 1 amide bonds. The predicted molar refractivity (Wildman–Crippen MR) is 133 cm³/mol. The molecule has 34 heavy (non-hydrogen) atoms. The van der Waals surface area contributed by atoms with Crippen molar-refractivity contribution >= 4 is 33.3 Å². The molecule has 0 spiro atoms. The summed E-state index contributed by atoms with van der Waals surface area (Å²) in [6.45, 7) is 6.58. The maximum atomic E-state index is 12.8. The van der Waals surface area contributed by atoms with Crippen LogP contribution in [0.5, 0.6) is 11.5 Å². The number of amides is 1. The molecule has 0 unspecified atom stereocenters. The number of carbonyl (C=O) groups is 1. The van der Waals surface area contributed by atoms with E-state index in [9.17, 15) is 4.79 Å². The summed E-state index contributed by atoms with van der Waals surface area (Å²) in [6, 6.07) is 11.9. The van der Waals surface area contributed by atoms with E-state index in [2.05, 4.69) is 24.2 Å². The van der Waals surface area contributed by atoms with Gasteiger partial charge in [0.1, 0.15) is 12.4 Å². The molecule has 1 aliphatic heterocycles. The molecule has 0 saturated heterocycles. The molecule has 1 aliphatic rings. The molecule has 2 aromatic carbocycles. The fraction of sp³-hybridized carbons (Fsp3) is 0.269. The molecule has 7 nitrogen and oxygen atoms in total. The van der Waals surface area contributed by atoms with Crippen molar-refractivity contribution < 1.29 is 14.3 Å². The van der Waals surface area contributed by atoms with Crippen LogP contribution >= 0.6 is 11.3 Å². The van der Waals surface area contributed by atoms with E-state index in [1.54, 1.807) is 16.0 Å². The van der Waals surface area contributed by atoms with Gasteiger partial charge in [-0.1, -0.05) is 29.4 Å². The van der Waals surface area contributed by atoms with Gasteiger partial charge < -0.3 is 14.8 Å². The summed E-state index contributed by atoms with van der Waals surface area (Å²) in [5.74, 6) is 4.09. The molecule has 2 aromatic heterocycles. The van der Waals surface area contributed by atoms with Gasteiger partial charge in [-0.15, -0.1) is 6.42 Å². The molecule has 0 saturated carbocycles. The van der Waals surface area contributed by atoms with Gasteiger partial charge in [0, 0.05) is 17.9 Å². The lowest BCUT2D eigenvalue weighted by molar-refractivity contribution is -0.116. The van der Waals surface area contributed by atoms with Gasteiger partial charge in [-0.3, -0.25) is 4.79 Å². The second-order valence-electron chi connectivity index (χ2n) is 8.16. The SMILES string of the molecule is C#CCOc1ccc([C@@H]2CC(=O)Nc3c2c(C)nn3-c2nc3ccc(C)cc3s2)cc1OCC. The van der Waals surface area contributed by atoms with Gasteiger partial charge in [-0.25, -0.2) is 4.98 Å². The molecule has 1 N–H and O–H groups in total. The number of nitrogens with zero attached hydrogens (tertiary/aromatic N) is 3. The first kappa shape index (κ1) is 22.0. The number of rotatable bonds is 6. The number of nitrogens with one attached hydrogen (secondary N) is 1. The standard InChI is InChI=1S/C26H24N4O3S/c1-5-11-33-20-10-8-17(13-21(20)32-6-2)18-14-23(31)28-25-24(18)16(4)29-30(25)26-27-19-9-7-15(3)12-22(19)34-26/h1,7-10,12-13,18H,6,11,14H2,2-4H3,(H,28,31)/t18-/m0/s1. The highest BCUT2D eigenvalue weighted by Crippen LogP contribution is 2.43. The molecule has 3 heterocycles. The van der Waals surface area contributed by atoms with Crippen molar-refractivity contribution in [1.82, 2.24) is 14.8 Å². The van der Waals surface area contributed by atoms with Crippen molar-refractivity contribution in [3.05, 3.63) is 58.8 Å². The maximum Gasteiger partial charge on any atom is 0.226 e. The zero-order valence-corrected chi connectivity index (χ0v) is 20.0. The second-order valence-corrected chi connectivity index (χ2v) is 9.17. The first-order chi connectivity index (χ1) is 16.5. The van der Waals surface area contributed by atoms with Crippen molar-refractivity contribution in [3.8, 4) is 29.0 Å². The number of terminal acetylenes is 1. The van der Waals surface area contributed by atoms with E-state index in [-0.39, 0.29) is 18.4 Å².